The lowest BCUT2D eigenvalue weighted by Crippen LogP contribution is -2.58. The van der Waals surface area contributed by atoms with Gasteiger partial charge >= 0.3 is 8.56 Å². The normalized spacial score (nSPS) is 12.8. The zero-order valence-electron chi connectivity index (χ0n) is 32.9. The molecule has 0 aromatic carbocycles. The first-order valence-electron chi connectivity index (χ1n) is 21.3. The molecule has 0 saturated carbocycles. The van der Waals surface area contributed by atoms with E-state index in [9.17, 15) is 0 Å². The predicted octanol–water partition coefficient (Wildman–Crippen LogP) is 15.9. The van der Waals surface area contributed by atoms with Crippen molar-refractivity contribution in [1.29, 1.82) is 0 Å². The van der Waals surface area contributed by atoms with Crippen LogP contribution in [0.4, 0.5) is 0 Å². The summed E-state index contributed by atoms with van der Waals surface area (Å²) < 4.78 is 15.8. The molecule has 0 rings (SSSR count). The molecule has 0 atom stereocenters. The first kappa shape index (κ1) is 45.6. The number of rotatable bonds is 36. The van der Waals surface area contributed by atoms with Crippen molar-refractivity contribution in [3.8, 4) is 0 Å². The molecule has 0 fully saturated rings. The molecule has 0 aromatic rings. The van der Waals surface area contributed by atoms with Crippen LogP contribution in [-0.2, 0) is 8.23 Å². The molecule has 0 spiro atoms. The molecule has 0 unspecified atom stereocenters. The fraction of sp³-hybridized carbons (Fsp3) is 1.00. The summed E-state index contributed by atoms with van der Waals surface area (Å²) in [6, 6.07) is 10.5. The van der Waals surface area contributed by atoms with Gasteiger partial charge in [0.05, 0.1) is 0 Å². The van der Waals surface area contributed by atoms with Gasteiger partial charge in [-0.1, -0.05) is 209 Å². The summed E-state index contributed by atoms with van der Waals surface area (Å²) in [5.41, 5.74) is 0. The zero-order chi connectivity index (χ0) is 33.5. The van der Waals surface area contributed by atoms with E-state index < -0.39 is 25.2 Å². The van der Waals surface area contributed by atoms with Crippen molar-refractivity contribution in [1.82, 2.24) is 0 Å². The van der Waals surface area contributed by atoms with Crippen molar-refractivity contribution in [2.75, 3.05) is 0 Å². The van der Waals surface area contributed by atoms with Gasteiger partial charge < -0.3 is 8.23 Å². The van der Waals surface area contributed by atoms with E-state index in [1.54, 1.807) is 0 Å². The molecule has 0 radical (unpaired) electrons. The summed E-state index contributed by atoms with van der Waals surface area (Å²) >= 11 is 0. The fourth-order valence-electron chi connectivity index (χ4n) is 7.56. The number of hydrogen-bond donors (Lipinski definition) is 0. The molecule has 0 bridgehead atoms. The van der Waals surface area contributed by atoms with E-state index in [4.69, 9.17) is 8.23 Å². The van der Waals surface area contributed by atoms with E-state index in [0.717, 1.165) is 12.1 Å². The minimum Gasteiger partial charge on any atom is -0.436 e. The topological polar surface area (TPSA) is 18.5 Å². The quantitative estimate of drug-likeness (QED) is 0.0483. The number of unbranched alkanes of at least 4 members (excludes halogenated alkanes) is 20. The third-order valence-electron chi connectivity index (χ3n) is 11.1. The van der Waals surface area contributed by atoms with Gasteiger partial charge in [-0.05, 0) is 48.4 Å². The van der Waals surface area contributed by atoms with E-state index in [1.807, 2.05) is 0 Å². The molecule has 0 aliphatic rings. The lowest BCUT2D eigenvalue weighted by Gasteiger charge is -2.46. The van der Waals surface area contributed by atoms with Crippen molar-refractivity contribution in [3.05, 3.63) is 0 Å². The average molecular weight is 685 g/mol. The van der Waals surface area contributed by atoms with Crippen LogP contribution in [0.15, 0.2) is 0 Å². The van der Waals surface area contributed by atoms with Crippen LogP contribution in [0.25, 0.3) is 0 Å². The van der Waals surface area contributed by atoms with Crippen LogP contribution >= 0.6 is 0 Å². The van der Waals surface area contributed by atoms with Crippen LogP contribution < -0.4 is 0 Å². The maximum Gasteiger partial charge on any atom is 0.317 e. The second kappa shape index (κ2) is 30.6. The SMILES string of the molecule is CCCCCCCC[Si](CC)(CCCCCCCC)O[Si](CC)(CC)O[Si](CC)(CCCCCCCC)CCCCCCCC. The van der Waals surface area contributed by atoms with E-state index in [-0.39, 0.29) is 0 Å². The van der Waals surface area contributed by atoms with Crippen LogP contribution in [0, 0.1) is 0 Å². The Labute approximate surface area is 290 Å². The van der Waals surface area contributed by atoms with Gasteiger partial charge in [-0.3, -0.25) is 0 Å². The molecule has 2 nitrogen and oxygen atoms in total. The third kappa shape index (κ3) is 22.0. The van der Waals surface area contributed by atoms with Crippen molar-refractivity contribution in [2.24, 2.45) is 0 Å². The van der Waals surface area contributed by atoms with Gasteiger partial charge in [-0.2, -0.15) is 0 Å². The molecule has 0 amide bonds. The van der Waals surface area contributed by atoms with Crippen molar-refractivity contribution in [2.45, 2.75) is 258 Å². The lowest BCUT2D eigenvalue weighted by molar-refractivity contribution is 0.353. The molecule has 0 heterocycles. The van der Waals surface area contributed by atoms with Gasteiger partial charge in [-0.25, -0.2) is 0 Å². The zero-order valence-corrected chi connectivity index (χ0v) is 35.9. The highest BCUT2D eigenvalue weighted by molar-refractivity contribution is 6.90. The Bertz CT molecular complexity index is 530. The lowest BCUT2D eigenvalue weighted by atomic mass is 10.1. The molecule has 5 heteroatoms. The summed E-state index contributed by atoms with van der Waals surface area (Å²) in [6.45, 7) is 19.2. The Morgan fingerprint density at radius 3 is 0.689 bits per heavy atom. The van der Waals surface area contributed by atoms with E-state index in [2.05, 4.69) is 55.4 Å². The Morgan fingerprint density at radius 2 is 0.489 bits per heavy atom. The summed E-state index contributed by atoms with van der Waals surface area (Å²) in [6.07, 6.45) is 33.5. The second-order valence-corrected chi connectivity index (χ2v) is 28.0. The summed E-state index contributed by atoms with van der Waals surface area (Å²) in [4.78, 5) is 0. The maximum atomic E-state index is 7.90. The minimum absolute atomic E-state index is 1.16. The Hall–Kier alpha value is 0.571. The third-order valence-corrected chi connectivity index (χ3v) is 27.3. The van der Waals surface area contributed by atoms with E-state index >= 15 is 0 Å². The largest absolute Gasteiger partial charge is 0.436 e. The predicted molar refractivity (Wildman–Crippen MR) is 214 cm³/mol. The fourth-order valence-corrected chi connectivity index (χ4v) is 25.5. The molecule has 0 aliphatic carbocycles. The van der Waals surface area contributed by atoms with Crippen molar-refractivity contribution in [3.63, 3.8) is 0 Å². The smallest absolute Gasteiger partial charge is 0.317 e. The standard InChI is InChI=1S/C40H88O2Si3/c1-9-17-21-25-29-33-37-43(13-5,38-34-30-26-22-18-10-2)41-45(15-7,16-8)42-44(14-6,39-35-31-27-23-19-11-3)40-36-32-28-24-20-12-4/h9-40H2,1-8H3. The molecule has 272 valence electrons. The van der Waals surface area contributed by atoms with Gasteiger partial charge in [-0.15, -0.1) is 0 Å². The summed E-state index contributed by atoms with van der Waals surface area (Å²) in [5.74, 6) is 0. The monoisotopic (exact) mass is 685 g/mol. The molecule has 0 N–H and O–H groups in total. The molecular formula is C40H88O2Si3. The van der Waals surface area contributed by atoms with Gasteiger partial charge in [0, 0.05) is 0 Å². The molecule has 0 aliphatic heterocycles. The maximum absolute atomic E-state index is 7.90. The van der Waals surface area contributed by atoms with Crippen LogP contribution in [0.5, 0.6) is 0 Å². The van der Waals surface area contributed by atoms with Gasteiger partial charge in [0.2, 0.25) is 0 Å². The molecular weight excluding hydrogens is 597 g/mol. The van der Waals surface area contributed by atoms with Crippen LogP contribution in [0.3, 0.4) is 0 Å². The Balaban J connectivity index is 5.90. The Kier molecular flexibility index (Phi) is 31.0. The van der Waals surface area contributed by atoms with Crippen LogP contribution in [0.2, 0.25) is 48.4 Å². The summed E-state index contributed by atoms with van der Waals surface area (Å²) in [7, 11) is -5.94. The highest BCUT2D eigenvalue weighted by atomic mass is 28.5. The second-order valence-electron chi connectivity index (χ2n) is 15.0. The first-order valence-corrected chi connectivity index (χ1v) is 28.6. The minimum atomic E-state index is -2.26. The van der Waals surface area contributed by atoms with Crippen LogP contribution in [-0.4, -0.2) is 25.2 Å². The highest BCUT2D eigenvalue weighted by Crippen LogP contribution is 2.39. The van der Waals surface area contributed by atoms with Crippen LogP contribution in [0.1, 0.15) is 209 Å². The number of hydrogen-bond acceptors (Lipinski definition) is 2. The van der Waals surface area contributed by atoms with Crippen molar-refractivity contribution < 1.29 is 8.23 Å². The van der Waals surface area contributed by atoms with E-state index in [1.165, 1.54) is 190 Å². The van der Waals surface area contributed by atoms with Gasteiger partial charge in [0.25, 0.3) is 0 Å². The van der Waals surface area contributed by atoms with Gasteiger partial charge in [0.15, 0.2) is 16.6 Å². The average Bonchev–Trinajstić information content (AvgIpc) is 3.06. The van der Waals surface area contributed by atoms with Crippen molar-refractivity contribution >= 4 is 25.2 Å². The molecule has 0 aromatic heterocycles. The molecule has 45 heavy (non-hydrogen) atoms. The van der Waals surface area contributed by atoms with E-state index in [0.29, 0.717) is 0 Å². The summed E-state index contributed by atoms with van der Waals surface area (Å²) in [5, 5.41) is 0. The van der Waals surface area contributed by atoms with Gasteiger partial charge in [0.1, 0.15) is 0 Å². The highest BCUT2D eigenvalue weighted by Gasteiger charge is 2.48. The first-order chi connectivity index (χ1) is 21.9. The molecule has 0 saturated heterocycles. The Morgan fingerprint density at radius 1 is 0.267 bits per heavy atom.